The quantitative estimate of drug-likeness (QED) is 0.679. The van der Waals surface area contributed by atoms with Crippen LogP contribution in [0.5, 0.6) is 0 Å². The van der Waals surface area contributed by atoms with Gasteiger partial charge in [-0.05, 0) is 36.1 Å². The summed E-state index contributed by atoms with van der Waals surface area (Å²) < 4.78 is 28.2. The molecule has 0 aliphatic carbocycles. The SMILES string of the molecule is CC(Cc1cccs1)N(C)c1c(F)cc(CBr)cc1F. The van der Waals surface area contributed by atoms with Crippen LogP contribution >= 0.6 is 27.3 Å². The van der Waals surface area contributed by atoms with E-state index in [1.807, 2.05) is 24.4 Å². The summed E-state index contributed by atoms with van der Waals surface area (Å²) in [4.78, 5) is 2.88. The van der Waals surface area contributed by atoms with Crippen LogP contribution in [0.3, 0.4) is 0 Å². The minimum atomic E-state index is -0.514. The van der Waals surface area contributed by atoms with E-state index in [1.165, 1.54) is 17.0 Å². The Morgan fingerprint density at radius 1 is 1.30 bits per heavy atom. The van der Waals surface area contributed by atoms with Crippen LogP contribution < -0.4 is 4.90 Å². The molecule has 0 saturated carbocycles. The first kappa shape index (κ1) is 15.4. The number of hydrogen-bond acceptors (Lipinski definition) is 2. The van der Waals surface area contributed by atoms with Gasteiger partial charge in [-0.3, -0.25) is 0 Å². The number of likely N-dealkylation sites (N-methyl/N-ethyl adjacent to an activating group) is 1. The molecule has 108 valence electrons. The molecule has 1 heterocycles. The molecule has 20 heavy (non-hydrogen) atoms. The molecule has 0 fully saturated rings. The summed E-state index contributed by atoms with van der Waals surface area (Å²) in [5.74, 6) is -1.03. The Balaban J connectivity index is 2.22. The number of thiophene rings is 1. The Morgan fingerprint density at radius 2 is 1.95 bits per heavy atom. The predicted molar refractivity (Wildman–Crippen MR) is 84.9 cm³/mol. The third-order valence-electron chi connectivity index (χ3n) is 3.32. The lowest BCUT2D eigenvalue weighted by Gasteiger charge is -2.27. The first-order valence-corrected chi connectivity index (χ1v) is 8.32. The van der Waals surface area contributed by atoms with Crippen molar-refractivity contribution in [1.29, 1.82) is 0 Å². The number of rotatable bonds is 5. The van der Waals surface area contributed by atoms with E-state index >= 15 is 0 Å². The maximum Gasteiger partial charge on any atom is 0.149 e. The van der Waals surface area contributed by atoms with E-state index in [9.17, 15) is 8.78 Å². The highest BCUT2D eigenvalue weighted by Gasteiger charge is 2.19. The molecule has 0 bridgehead atoms. The largest absolute Gasteiger partial charge is 0.367 e. The minimum absolute atomic E-state index is 0.0208. The summed E-state index contributed by atoms with van der Waals surface area (Å²) in [6, 6.07) is 6.80. The molecule has 0 N–H and O–H groups in total. The van der Waals surface area contributed by atoms with E-state index in [4.69, 9.17) is 0 Å². The van der Waals surface area contributed by atoms with Crippen LogP contribution in [0.15, 0.2) is 29.6 Å². The van der Waals surface area contributed by atoms with E-state index in [0.29, 0.717) is 10.9 Å². The monoisotopic (exact) mass is 359 g/mol. The minimum Gasteiger partial charge on any atom is -0.367 e. The summed E-state index contributed by atoms with van der Waals surface area (Å²) in [6.07, 6.45) is 0.771. The first-order valence-electron chi connectivity index (χ1n) is 6.32. The van der Waals surface area contributed by atoms with Crippen molar-refractivity contribution >= 4 is 33.0 Å². The van der Waals surface area contributed by atoms with Crippen molar-refractivity contribution in [2.24, 2.45) is 0 Å². The predicted octanol–water partition coefficient (Wildman–Crippen LogP) is 4.99. The summed E-state index contributed by atoms with van der Waals surface area (Å²) >= 11 is 4.87. The third kappa shape index (κ3) is 3.38. The fraction of sp³-hybridized carbons (Fsp3) is 0.333. The molecule has 1 aromatic heterocycles. The van der Waals surface area contributed by atoms with Gasteiger partial charge in [0.25, 0.3) is 0 Å². The summed E-state index contributed by atoms with van der Waals surface area (Å²) in [7, 11) is 1.73. The standard InChI is InChI=1S/C15H16BrF2NS/c1-10(6-12-4-3-5-20-12)19(2)15-13(17)7-11(9-16)8-14(15)18/h3-5,7-8,10H,6,9H2,1-2H3. The average Bonchev–Trinajstić information content (AvgIpc) is 2.90. The molecule has 0 spiro atoms. The second kappa shape index (κ2) is 6.68. The number of nitrogens with zero attached hydrogens (tertiary/aromatic N) is 1. The zero-order valence-corrected chi connectivity index (χ0v) is 13.8. The molecule has 0 amide bonds. The fourth-order valence-corrected chi connectivity index (χ4v) is 3.26. The highest BCUT2D eigenvalue weighted by Crippen LogP contribution is 2.27. The van der Waals surface area contributed by atoms with Gasteiger partial charge in [0.2, 0.25) is 0 Å². The summed E-state index contributed by atoms with van der Waals surface area (Å²) in [5, 5.41) is 2.45. The van der Waals surface area contributed by atoms with Gasteiger partial charge in [-0.1, -0.05) is 22.0 Å². The van der Waals surface area contributed by atoms with Gasteiger partial charge in [0, 0.05) is 29.7 Å². The van der Waals surface area contributed by atoms with Crippen LogP contribution in [0.2, 0.25) is 0 Å². The number of hydrogen-bond donors (Lipinski definition) is 0. The average molecular weight is 360 g/mol. The lowest BCUT2D eigenvalue weighted by Crippen LogP contribution is -2.32. The van der Waals surface area contributed by atoms with Gasteiger partial charge in [-0.15, -0.1) is 11.3 Å². The van der Waals surface area contributed by atoms with Crippen LogP contribution in [-0.4, -0.2) is 13.1 Å². The molecule has 0 saturated heterocycles. The van der Waals surface area contributed by atoms with Crippen LogP contribution in [0.25, 0.3) is 0 Å². The van der Waals surface area contributed by atoms with Crippen LogP contribution in [0.4, 0.5) is 14.5 Å². The van der Waals surface area contributed by atoms with E-state index in [0.717, 1.165) is 6.42 Å². The molecule has 0 aliphatic heterocycles. The molecule has 2 rings (SSSR count). The van der Waals surface area contributed by atoms with E-state index < -0.39 is 11.6 Å². The number of halogens is 3. The van der Waals surface area contributed by atoms with Crippen molar-refractivity contribution in [1.82, 2.24) is 0 Å². The Kier molecular flexibility index (Phi) is 5.16. The highest BCUT2D eigenvalue weighted by molar-refractivity contribution is 9.08. The van der Waals surface area contributed by atoms with Crippen molar-refractivity contribution in [3.05, 3.63) is 51.7 Å². The van der Waals surface area contributed by atoms with Gasteiger partial charge >= 0.3 is 0 Å². The van der Waals surface area contributed by atoms with Crippen LogP contribution in [-0.2, 0) is 11.8 Å². The molecular weight excluding hydrogens is 344 g/mol. The van der Waals surface area contributed by atoms with Gasteiger partial charge < -0.3 is 4.90 Å². The molecule has 1 nitrogen and oxygen atoms in total. The van der Waals surface area contributed by atoms with Gasteiger partial charge in [0.05, 0.1) is 0 Å². The smallest absolute Gasteiger partial charge is 0.149 e. The van der Waals surface area contributed by atoms with Crippen molar-refractivity contribution < 1.29 is 8.78 Å². The van der Waals surface area contributed by atoms with Crippen LogP contribution in [0.1, 0.15) is 17.4 Å². The lowest BCUT2D eigenvalue weighted by molar-refractivity contribution is 0.559. The Labute approximate surface area is 130 Å². The fourth-order valence-electron chi connectivity index (χ4n) is 2.11. The van der Waals surface area contributed by atoms with Gasteiger partial charge in [0.15, 0.2) is 0 Å². The molecule has 1 aromatic carbocycles. The maximum absolute atomic E-state index is 14.1. The molecule has 1 unspecified atom stereocenters. The second-order valence-electron chi connectivity index (χ2n) is 4.79. The van der Waals surface area contributed by atoms with E-state index in [1.54, 1.807) is 23.3 Å². The third-order valence-corrected chi connectivity index (χ3v) is 4.87. The number of benzene rings is 1. The van der Waals surface area contributed by atoms with Crippen molar-refractivity contribution in [3.63, 3.8) is 0 Å². The Bertz CT molecular complexity index is 548. The molecule has 1 atom stereocenters. The molecule has 0 aliphatic rings. The molecular formula is C15H16BrF2NS. The Hall–Kier alpha value is -0.940. The van der Waals surface area contributed by atoms with E-state index in [-0.39, 0.29) is 11.7 Å². The normalized spacial score (nSPS) is 12.4. The molecule has 2 aromatic rings. The number of anilines is 1. The van der Waals surface area contributed by atoms with Crippen molar-refractivity contribution in [3.8, 4) is 0 Å². The lowest BCUT2D eigenvalue weighted by atomic mass is 10.1. The molecule has 5 heteroatoms. The first-order chi connectivity index (χ1) is 9.52. The van der Waals surface area contributed by atoms with Crippen molar-refractivity contribution in [2.75, 3.05) is 11.9 Å². The van der Waals surface area contributed by atoms with Gasteiger partial charge in [0.1, 0.15) is 17.3 Å². The molecule has 0 radical (unpaired) electrons. The van der Waals surface area contributed by atoms with Gasteiger partial charge in [-0.2, -0.15) is 0 Å². The maximum atomic E-state index is 14.1. The van der Waals surface area contributed by atoms with Crippen LogP contribution in [0, 0.1) is 11.6 Å². The van der Waals surface area contributed by atoms with E-state index in [2.05, 4.69) is 15.9 Å². The van der Waals surface area contributed by atoms with Crippen molar-refractivity contribution in [2.45, 2.75) is 24.7 Å². The zero-order chi connectivity index (χ0) is 14.7. The highest BCUT2D eigenvalue weighted by atomic mass is 79.9. The topological polar surface area (TPSA) is 3.24 Å². The van der Waals surface area contributed by atoms with Gasteiger partial charge in [-0.25, -0.2) is 8.78 Å². The number of alkyl halides is 1. The summed E-state index contributed by atoms with van der Waals surface area (Å²) in [6.45, 7) is 1.97. The Morgan fingerprint density at radius 3 is 2.45 bits per heavy atom. The second-order valence-corrected chi connectivity index (χ2v) is 6.38. The zero-order valence-electron chi connectivity index (χ0n) is 11.4. The summed E-state index contributed by atoms with van der Waals surface area (Å²) in [5.41, 5.74) is 0.641.